The van der Waals surface area contributed by atoms with Crippen LogP contribution in [0.25, 0.3) is 0 Å². The molecule has 108 valence electrons. The predicted molar refractivity (Wildman–Crippen MR) is 81.1 cm³/mol. The van der Waals surface area contributed by atoms with E-state index in [1.807, 2.05) is 0 Å². The van der Waals surface area contributed by atoms with Crippen molar-refractivity contribution in [1.82, 2.24) is 10.2 Å². The smallest absolute Gasteiger partial charge is 0.00187 e. The first kappa shape index (κ1) is 16.0. The van der Waals surface area contributed by atoms with Gasteiger partial charge in [0.1, 0.15) is 0 Å². The van der Waals surface area contributed by atoms with Crippen molar-refractivity contribution < 1.29 is 0 Å². The van der Waals surface area contributed by atoms with Crippen LogP contribution in [-0.4, -0.2) is 38.1 Å². The summed E-state index contributed by atoms with van der Waals surface area (Å²) in [6.45, 7) is 7.37. The number of hydrogen-bond donors (Lipinski definition) is 1. The Labute approximate surface area is 115 Å². The molecule has 0 aromatic carbocycles. The minimum Gasteiger partial charge on any atom is -0.316 e. The minimum atomic E-state index is 0.936. The van der Waals surface area contributed by atoms with Crippen LogP contribution in [-0.2, 0) is 0 Å². The summed E-state index contributed by atoms with van der Waals surface area (Å²) in [7, 11) is 2.24. The molecule has 0 bridgehead atoms. The third-order valence-corrected chi connectivity index (χ3v) is 4.23. The van der Waals surface area contributed by atoms with Crippen molar-refractivity contribution in [2.24, 2.45) is 5.92 Å². The fourth-order valence-electron chi connectivity index (χ4n) is 2.78. The first-order chi connectivity index (χ1) is 8.83. The lowest BCUT2D eigenvalue weighted by atomic mass is 9.97. The Balaban J connectivity index is 1.78. The summed E-state index contributed by atoms with van der Waals surface area (Å²) in [5, 5.41) is 3.65. The molecule has 0 unspecified atom stereocenters. The largest absolute Gasteiger partial charge is 0.316 e. The summed E-state index contributed by atoms with van der Waals surface area (Å²) in [6.07, 6.45) is 12.7. The number of hydrogen-bond acceptors (Lipinski definition) is 2. The number of likely N-dealkylation sites (tertiary alicyclic amines) is 1. The third kappa shape index (κ3) is 8.10. The van der Waals surface area contributed by atoms with Crippen molar-refractivity contribution in [2.75, 3.05) is 33.2 Å². The second-order valence-corrected chi connectivity index (χ2v) is 6.07. The Morgan fingerprint density at radius 1 is 0.944 bits per heavy atom. The predicted octanol–water partition coefficient (Wildman–Crippen LogP) is 3.67. The van der Waals surface area contributed by atoms with Gasteiger partial charge in [-0.2, -0.15) is 0 Å². The summed E-state index contributed by atoms with van der Waals surface area (Å²) in [5.41, 5.74) is 0. The van der Waals surface area contributed by atoms with Crippen molar-refractivity contribution in [1.29, 1.82) is 0 Å². The lowest BCUT2D eigenvalue weighted by Gasteiger charge is -2.29. The summed E-state index contributed by atoms with van der Waals surface area (Å²) in [4.78, 5) is 2.45. The molecule has 0 saturated carbocycles. The summed E-state index contributed by atoms with van der Waals surface area (Å²) >= 11 is 0. The Hall–Kier alpha value is -0.0800. The van der Waals surface area contributed by atoms with Gasteiger partial charge in [0.25, 0.3) is 0 Å². The molecule has 18 heavy (non-hydrogen) atoms. The third-order valence-electron chi connectivity index (χ3n) is 4.23. The summed E-state index contributed by atoms with van der Waals surface area (Å²) in [5.74, 6) is 0.936. The standard InChI is InChI=1S/C16H34N2/c1-3-4-5-6-7-8-9-12-17-15-16-10-13-18(2)14-11-16/h16-17H,3-15H2,1-2H3. The van der Waals surface area contributed by atoms with Gasteiger partial charge in [0.2, 0.25) is 0 Å². The van der Waals surface area contributed by atoms with Gasteiger partial charge in [-0.25, -0.2) is 0 Å². The molecule has 1 heterocycles. The number of rotatable bonds is 10. The van der Waals surface area contributed by atoms with E-state index in [-0.39, 0.29) is 0 Å². The van der Waals surface area contributed by atoms with E-state index >= 15 is 0 Å². The highest BCUT2D eigenvalue weighted by Crippen LogP contribution is 2.14. The first-order valence-corrected chi connectivity index (χ1v) is 8.22. The first-order valence-electron chi connectivity index (χ1n) is 8.22. The molecule has 1 saturated heterocycles. The van der Waals surface area contributed by atoms with Gasteiger partial charge in [-0.3, -0.25) is 0 Å². The van der Waals surface area contributed by atoms with Crippen LogP contribution in [0.15, 0.2) is 0 Å². The second kappa shape index (κ2) is 10.8. The molecule has 0 aromatic rings. The van der Waals surface area contributed by atoms with Crippen molar-refractivity contribution in [3.8, 4) is 0 Å². The van der Waals surface area contributed by atoms with E-state index in [1.54, 1.807) is 0 Å². The topological polar surface area (TPSA) is 15.3 Å². The summed E-state index contributed by atoms with van der Waals surface area (Å²) in [6, 6.07) is 0. The molecule has 0 atom stereocenters. The number of piperidine rings is 1. The molecule has 0 spiro atoms. The highest BCUT2D eigenvalue weighted by molar-refractivity contribution is 4.71. The number of unbranched alkanes of at least 4 members (excludes halogenated alkanes) is 6. The molecule has 1 rings (SSSR count). The highest BCUT2D eigenvalue weighted by atomic mass is 15.1. The zero-order valence-electron chi connectivity index (χ0n) is 12.7. The Morgan fingerprint density at radius 3 is 2.22 bits per heavy atom. The highest BCUT2D eigenvalue weighted by Gasteiger charge is 2.15. The van der Waals surface area contributed by atoms with E-state index < -0.39 is 0 Å². The maximum Gasteiger partial charge on any atom is -0.00187 e. The van der Waals surface area contributed by atoms with Crippen LogP contribution < -0.4 is 5.32 Å². The van der Waals surface area contributed by atoms with Gasteiger partial charge < -0.3 is 10.2 Å². The summed E-state index contributed by atoms with van der Waals surface area (Å²) < 4.78 is 0. The number of nitrogens with one attached hydrogen (secondary N) is 1. The Morgan fingerprint density at radius 2 is 1.56 bits per heavy atom. The van der Waals surface area contributed by atoms with Crippen LogP contribution in [0.3, 0.4) is 0 Å². The maximum atomic E-state index is 3.65. The van der Waals surface area contributed by atoms with Gasteiger partial charge in [-0.05, 0) is 58.4 Å². The van der Waals surface area contributed by atoms with Crippen LogP contribution >= 0.6 is 0 Å². The van der Waals surface area contributed by atoms with Gasteiger partial charge in [-0.15, -0.1) is 0 Å². The van der Waals surface area contributed by atoms with Crippen molar-refractivity contribution in [3.05, 3.63) is 0 Å². The van der Waals surface area contributed by atoms with Gasteiger partial charge in [0.05, 0.1) is 0 Å². The molecule has 1 fully saturated rings. The minimum absolute atomic E-state index is 0.936. The van der Waals surface area contributed by atoms with E-state index in [2.05, 4.69) is 24.2 Å². The van der Waals surface area contributed by atoms with Crippen LogP contribution in [0.4, 0.5) is 0 Å². The zero-order valence-corrected chi connectivity index (χ0v) is 12.7. The normalized spacial score (nSPS) is 18.3. The quantitative estimate of drug-likeness (QED) is 0.598. The molecular weight excluding hydrogens is 220 g/mol. The van der Waals surface area contributed by atoms with Crippen molar-refractivity contribution in [2.45, 2.75) is 64.7 Å². The Kier molecular flexibility index (Phi) is 9.59. The molecule has 2 heteroatoms. The second-order valence-electron chi connectivity index (χ2n) is 6.07. The lowest BCUT2D eigenvalue weighted by Crippen LogP contribution is -2.35. The Bertz CT molecular complexity index is 174. The molecule has 2 nitrogen and oxygen atoms in total. The number of nitrogens with zero attached hydrogens (tertiary/aromatic N) is 1. The van der Waals surface area contributed by atoms with Gasteiger partial charge >= 0.3 is 0 Å². The molecule has 0 amide bonds. The lowest BCUT2D eigenvalue weighted by molar-refractivity contribution is 0.216. The van der Waals surface area contributed by atoms with Crippen LogP contribution in [0.2, 0.25) is 0 Å². The molecule has 0 aliphatic carbocycles. The fraction of sp³-hybridized carbons (Fsp3) is 1.00. The fourth-order valence-corrected chi connectivity index (χ4v) is 2.78. The van der Waals surface area contributed by atoms with Crippen molar-refractivity contribution in [3.63, 3.8) is 0 Å². The van der Waals surface area contributed by atoms with E-state index in [0.29, 0.717) is 0 Å². The van der Waals surface area contributed by atoms with Gasteiger partial charge in [0, 0.05) is 0 Å². The van der Waals surface area contributed by atoms with E-state index in [9.17, 15) is 0 Å². The van der Waals surface area contributed by atoms with E-state index in [4.69, 9.17) is 0 Å². The SMILES string of the molecule is CCCCCCCCCNCC1CCN(C)CC1. The monoisotopic (exact) mass is 254 g/mol. The van der Waals surface area contributed by atoms with E-state index in [1.165, 1.54) is 84.0 Å². The van der Waals surface area contributed by atoms with Crippen molar-refractivity contribution >= 4 is 0 Å². The van der Waals surface area contributed by atoms with Crippen LogP contribution in [0.5, 0.6) is 0 Å². The molecule has 0 radical (unpaired) electrons. The molecule has 1 aliphatic heterocycles. The van der Waals surface area contributed by atoms with Crippen LogP contribution in [0.1, 0.15) is 64.7 Å². The van der Waals surface area contributed by atoms with E-state index in [0.717, 1.165) is 5.92 Å². The average Bonchev–Trinajstić information content (AvgIpc) is 2.39. The van der Waals surface area contributed by atoms with Crippen LogP contribution in [0, 0.1) is 5.92 Å². The average molecular weight is 254 g/mol. The molecule has 1 aliphatic rings. The zero-order chi connectivity index (χ0) is 13.1. The molecule has 1 N–H and O–H groups in total. The maximum absolute atomic E-state index is 3.65. The molecule has 0 aromatic heterocycles. The molecular formula is C16H34N2. The van der Waals surface area contributed by atoms with Gasteiger partial charge in [-0.1, -0.05) is 45.4 Å². The van der Waals surface area contributed by atoms with Gasteiger partial charge in [0.15, 0.2) is 0 Å².